The first kappa shape index (κ1) is 17.7. The van der Waals surface area contributed by atoms with Crippen LogP contribution in [0.1, 0.15) is 50.7 Å². The van der Waals surface area contributed by atoms with Crippen molar-refractivity contribution in [2.24, 2.45) is 5.41 Å². The van der Waals surface area contributed by atoms with E-state index in [1.807, 2.05) is 19.1 Å². The van der Waals surface area contributed by atoms with E-state index >= 15 is 0 Å². The van der Waals surface area contributed by atoms with Gasteiger partial charge in [-0.25, -0.2) is 0 Å². The Morgan fingerprint density at radius 1 is 1.24 bits per heavy atom. The lowest BCUT2D eigenvalue weighted by Crippen LogP contribution is -2.25. The van der Waals surface area contributed by atoms with Crippen molar-refractivity contribution in [2.45, 2.75) is 46.5 Å². The summed E-state index contributed by atoms with van der Waals surface area (Å²) in [6, 6.07) is 7.50. The first-order chi connectivity index (χ1) is 11.8. The molecule has 5 nitrogen and oxygen atoms in total. The van der Waals surface area contributed by atoms with Crippen LogP contribution in [0.4, 0.5) is 0 Å². The number of hydrogen-bond acceptors (Lipinski definition) is 5. The molecule has 1 aromatic carbocycles. The smallest absolute Gasteiger partial charge is 0.316 e. The third-order valence-corrected chi connectivity index (χ3v) is 4.16. The molecule has 0 unspecified atom stereocenters. The SMILES string of the molecule is Cc1cccc(C2CC2)c1Oc1nnc(Cl)cc1OC(=O)C(C)(C)C. The number of aromatic nitrogens is 2. The van der Waals surface area contributed by atoms with Crippen LogP contribution < -0.4 is 9.47 Å². The Kier molecular flexibility index (Phi) is 4.69. The summed E-state index contributed by atoms with van der Waals surface area (Å²) >= 11 is 5.92. The van der Waals surface area contributed by atoms with E-state index in [0.717, 1.165) is 29.7 Å². The van der Waals surface area contributed by atoms with Crippen molar-refractivity contribution in [3.05, 3.63) is 40.5 Å². The van der Waals surface area contributed by atoms with Gasteiger partial charge in [0.15, 0.2) is 10.9 Å². The van der Waals surface area contributed by atoms with E-state index in [4.69, 9.17) is 21.1 Å². The number of carbonyl (C=O) groups excluding carboxylic acids is 1. The Bertz CT molecular complexity index is 811. The lowest BCUT2D eigenvalue weighted by atomic mass is 9.97. The minimum Gasteiger partial charge on any atom is -0.434 e. The topological polar surface area (TPSA) is 61.3 Å². The monoisotopic (exact) mass is 360 g/mol. The maximum atomic E-state index is 12.2. The average Bonchev–Trinajstić information content (AvgIpc) is 3.35. The molecule has 0 spiro atoms. The molecule has 0 N–H and O–H groups in total. The van der Waals surface area contributed by atoms with Gasteiger partial charge < -0.3 is 9.47 Å². The molecule has 1 aliphatic rings. The number of nitrogens with zero attached hydrogens (tertiary/aromatic N) is 2. The minimum atomic E-state index is -0.658. The summed E-state index contributed by atoms with van der Waals surface area (Å²) in [5.74, 6) is 1.17. The molecule has 0 saturated heterocycles. The molecular formula is C19H21ClN2O3. The summed E-state index contributed by atoms with van der Waals surface area (Å²) in [5, 5.41) is 7.95. The highest BCUT2D eigenvalue weighted by Gasteiger charge is 2.29. The number of para-hydroxylation sites is 1. The predicted molar refractivity (Wildman–Crippen MR) is 95.4 cm³/mol. The van der Waals surface area contributed by atoms with Gasteiger partial charge in [0, 0.05) is 6.07 Å². The molecule has 0 atom stereocenters. The maximum Gasteiger partial charge on any atom is 0.316 e. The molecular weight excluding hydrogens is 340 g/mol. The van der Waals surface area contributed by atoms with Gasteiger partial charge in [0.05, 0.1) is 5.41 Å². The summed E-state index contributed by atoms with van der Waals surface area (Å²) in [4.78, 5) is 12.2. The lowest BCUT2D eigenvalue weighted by Gasteiger charge is -2.18. The molecule has 1 heterocycles. The molecule has 0 aliphatic heterocycles. The van der Waals surface area contributed by atoms with Crippen molar-refractivity contribution in [3.8, 4) is 17.4 Å². The highest BCUT2D eigenvalue weighted by atomic mass is 35.5. The molecule has 3 rings (SSSR count). The second kappa shape index (κ2) is 6.64. The fraction of sp³-hybridized carbons (Fsp3) is 0.421. The van der Waals surface area contributed by atoms with Crippen LogP contribution in [-0.2, 0) is 4.79 Å². The zero-order chi connectivity index (χ0) is 18.2. The van der Waals surface area contributed by atoms with Gasteiger partial charge in [-0.2, -0.15) is 0 Å². The molecule has 6 heteroatoms. The van der Waals surface area contributed by atoms with Crippen LogP contribution in [0, 0.1) is 12.3 Å². The maximum absolute atomic E-state index is 12.2. The number of hydrogen-bond donors (Lipinski definition) is 0. The fourth-order valence-corrected chi connectivity index (χ4v) is 2.50. The molecule has 2 aromatic rings. The molecule has 0 radical (unpaired) electrons. The average molecular weight is 361 g/mol. The van der Waals surface area contributed by atoms with Gasteiger partial charge in [-0.05, 0) is 57.6 Å². The number of carbonyl (C=O) groups is 1. The van der Waals surface area contributed by atoms with Gasteiger partial charge in [-0.15, -0.1) is 10.2 Å². The second-order valence-electron chi connectivity index (χ2n) is 7.35. The molecule has 132 valence electrons. The van der Waals surface area contributed by atoms with Gasteiger partial charge >= 0.3 is 5.97 Å². The van der Waals surface area contributed by atoms with E-state index in [1.165, 1.54) is 6.07 Å². The molecule has 1 aliphatic carbocycles. The molecule has 25 heavy (non-hydrogen) atoms. The van der Waals surface area contributed by atoms with Crippen LogP contribution >= 0.6 is 11.6 Å². The number of esters is 1. The Morgan fingerprint density at radius 2 is 1.96 bits per heavy atom. The van der Waals surface area contributed by atoms with Crippen molar-refractivity contribution in [3.63, 3.8) is 0 Å². The zero-order valence-corrected chi connectivity index (χ0v) is 15.6. The van der Waals surface area contributed by atoms with Gasteiger partial charge in [0.1, 0.15) is 5.75 Å². The Hall–Kier alpha value is -2.14. The fourth-order valence-electron chi connectivity index (χ4n) is 2.37. The largest absolute Gasteiger partial charge is 0.434 e. The van der Waals surface area contributed by atoms with Gasteiger partial charge in [0.25, 0.3) is 5.88 Å². The molecule has 1 saturated carbocycles. The van der Waals surface area contributed by atoms with Gasteiger partial charge in [-0.1, -0.05) is 29.8 Å². The molecule has 0 bridgehead atoms. The first-order valence-electron chi connectivity index (χ1n) is 8.28. The van der Waals surface area contributed by atoms with Crippen molar-refractivity contribution in [2.75, 3.05) is 0 Å². The highest BCUT2D eigenvalue weighted by Crippen LogP contribution is 2.47. The minimum absolute atomic E-state index is 0.135. The summed E-state index contributed by atoms with van der Waals surface area (Å²) in [5.41, 5.74) is 1.48. The summed E-state index contributed by atoms with van der Waals surface area (Å²) in [7, 11) is 0. The van der Waals surface area contributed by atoms with Gasteiger partial charge in [-0.3, -0.25) is 4.79 Å². The van der Waals surface area contributed by atoms with E-state index in [0.29, 0.717) is 5.92 Å². The van der Waals surface area contributed by atoms with Crippen LogP contribution in [0.5, 0.6) is 17.4 Å². The molecule has 0 amide bonds. The summed E-state index contributed by atoms with van der Waals surface area (Å²) in [6.07, 6.45) is 2.30. The Morgan fingerprint density at radius 3 is 2.60 bits per heavy atom. The van der Waals surface area contributed by atoms with E-state index in [2.05, 4.69) is 16.3 Å². The first-order valence-corrected chi connectivity index (χ1v) is 8.66. The number of halogens is 1. The van der Waals surface area contributed by atoms with Crippen molar-refractivity contribution < 1.29 is 14.3 Å². The summed E-state index contributed by atoms with van der Waals surface area (Å²) in [6.45, 7) is 7.31. The van der Waals surface area contributed by atoms with E-state index < -0.39 is 11.4 Å². The van der Waals surface area contributed by atoms with Gasteiger partial charge in [0.2, 0.25) is 0 Å². The van der Waals surface area contributed by atoms with Crippen LogP contribution in [0.25, 0.3) is 0 Å². The molecule has 1 fully saturated rings. The third-order valence-electron chi connectivity index (χ3n) is 3.97. The van der Waals surface area contributed by atoms with E-state index in [9.17, 15) is 4.79 Å². The number of ether oxygens (including phenoxy) is 2. The Balaban J connectivity index is 1.95. The number of benzene rings is 1. The second-order valence-corrected chi connectivity index (χ2v) is 7.73. The Labute approximate surface area is 152 Å². The highest BCUT2D eigenvalue weighted by molar-refractivity contribution is 6.29. The van der Waals surface area contributed by atoms with E-state index in [1.54, 1.807) is 20.8 Å². The van der Waals surface area contributed by atoms with Crippen LogP contribution in [-0.4, -0.2) is 16.2 Å². The summed E-state index contributed by atoms with van der Waals surface area (Å²) < 4.78 is 11.5. The van der Waals surface area contributed by atoms with Crippen molar-refractivity contribution >= 4 is 17.6 Å². The van der Waals surface area contributed by atoms with Crippen LogP contribution in [0.15, 0.2) is 24.3 Å². The van der Waals surface area contributed by atoms with Crippen molar-refractivity contribution in [1.82, 2.24) is 10.2 Å². The molecule has 1 aromatic heterocycles. The standard InChI is InChI=1S/C19H21ClN2O3/c1-11-6-5-7-13(12-8-9-12)16(11)25-17-14(10-15(20)21-22-17)24-18(23)19(2,3)4/h5-7,10,12H,8-9H2,1-4H3. The van der Waals surface area contributed by atoms with Crippen LogP contribution in [0.2, 0.25) is 5.15 Å². The zero-order valence-electron chi connectivity index (χ0n) is 14.8. The normalized spacial score (nSPS) is 14.3. The third kappa shape index (κ3) is 4.10. The quantitative estimate of drug-likeness (QED) is 0.713. The van der Waals surface area contributed by atoms with E-state index in [-0.39, 0.29) is 16.8 Å². The lowest BCUT2D eigenvalue weighted by molar-refractivity contribution is -0.143. The number of rotatable bonds is 4. The number of aryl methyl sites for hydroxylation is 1. The van der Waals surface area contributed by atoms with Crippen LogP contribution in [0.3, 0.4) is 0 Å². The van der Waals surface area contributed by atoms with Crippen molar-refractivity contribution in [1.29, 1.82) is 0 Å². The predicted octanol–water partition coefficient (Wildman–Crippen LogP) is 5.06.